The summed E-state index contributed by atoms with van der Waals surface area (Å²) in [5.74, 6) is 1.06. The molecule has 1 aromatic heterocycles. The second-order valence-electron chi connectivity index (χ2n) is 4.61. The van der Waals surface area contributed by atoms with E-state index in [1.807, 2.05) is 4.90 Å². The highest BCUT2D eigenvalue weighted by molar-refractivity contribution is 5.76. The van der Waals surface area contributed by atoms with E-state index in [2.05, 4.69) is 14.9 Å². The summed E-state index contributed by atoms with van der Waals surface area (Å²) >= 11 is 0. The zero-order valence-electron chi connectivity index (χ0n) is 11.0. The number of aromatic nitrogens is 2. The van der Waals surface area contributed by atoms with Crippen LogP contribution in [0.1, 0.15) is 19.3 Å². The molecule has 1 aliphatic heterocycles. The lowest BCUT2D eigenvalue weighted by molar-refractivity contribution is -0.131. The Morgan fingerprint density at radius 1 is 1.21 bits per heavy atom. The van der Waals surface area contributed by atoms with Crippen LogP contribution in [0.15, 0.2) is 18.6 Å². The third kappa shape index (κ3) is 3.89. The molecule has 2 heterocycles. The Kier molecular flexibility index (Phi) is 5.09. The molecule has 0 radical (unpaired) electrons. The predicted molar refractivity (Wildman–Crippen MR) is 71.8 cm³/mol. The second kappa shape index (κ2) is 7.04. The fourth-order valence-electron chi connectivity index (χ4n) is 2.19. The molecule has 0 atom stereocenters. The summed E-state index contributed by atoms with van der Waals surface area (Å²) in [6.45, 7) is 3.21. The highest BCUT2D eigenvalue weighted by Gasteiger charge is 2.21. The Morgan fingerprint density at radius 2 is 2.00 bits per heavy atom. The molecule has 1 saturated heterocycles. The quantitative estimate of drug-likeness (QED) is 0.774. The minimum absolute atomic E-state index is 0.160. The van der Waals surface area contributed by atoms with E-state index in [0.29, 0.717) is 12.8 Å². The maximum Gasteiger partial charge on any atom is 0.222 e. The Labute approximate surface area is 113 Å². The van der Waals surface area contributed by atoms with Crippen LogP contribution in [-0.2, 0) is 4.79 Å². The van der Waals surface area contributed by atoms with Crippen molar-refractivity contribution in [1.29, 1.82) is 0 Å². The molecule has 1 fully saturated rings. The molecule has 104 valence electrons. The second-order valence-corrected chi connectivity index (χ2v) is 4.61. The average Bonchev–Trinajstić information content (AvgIpc) is 2.48. The number of hydrogen-bond acceptors (Lipinski definition) is 5. The van der Waals surface area contributed by atoms with Crippen LogP contribution in [0.25, 0.3) is 0 Å². The molecule has 0 spiro atoms. The van der Waals surface area contributed by atoms with Crippen LogP contribution >= 0.6 is 0 Å². The molecular weight excluding hydrogens is 244 g/mol. The first-order chi connectivity index (χ1) is 9.31. The van der Waals surface area contributed by atoms with Gasteiger partial charge in [-0.1, -0.05) is 0 Å². The molecule has 1 N–H and O–H groups in total. The third-order valence-corrected chi connectivity index (χ3v) is 3.30. The van der Waals surface area contributed by atoms with Crippen LogP contribution in [0.5, 0.6) is 0 Å². The highest BCUT2D eigenvalue weighted by Crippen LogP contribution is 2.12. The van der Waals surface area contributed by atoms with E-state index in [4.69, 9.17) is 5.11 Å². The molecule has 6 heteroatoms. The first kappa shape index (κ1) is 13.7. The van der Waals surface area contributed by atoms with Gasteiger partial charge in [0, 0.05) is 51.6 Å². The molecule has 0 aromatic carbocycles. The number of aliphatic hydroxyl groups is 1. The first-order valence-electron chi connectivity index (χ1n) is 6.71. The maximum atomic E-state index is 11.9. The zero-order valence-corrected chi connectivity index (χ0v) is 11.0. The van der Waals surface area contributed by atoms with Gasteiger partial charge in [-0.25, -0.2) is 4.98 Å². The number of carbonyl (C=O) groups is 1. The van der Waals surface area contributed by atoms with Crippen LogP contribution in [0.2, 0.25) is 0 Å². The van der Waals surface area contributed by atoms with Crippen molar-refractivity contribution < 1.29 is 9.90 Å². The van der Waals surface area contributed by atoms with Gasteiger partial charge >= 0.3 is 0 Å². The number of rotatable bonds is 5. The number of carbonyl (C=O) groups excluding carboxylic acids is 1. The SMILES string of the molecule is O=C(CCCCO)N1CCN(c2cnccn2)CC1. The van der Waals surface area contributed by atoms with Crippen molar-refractivity contribution >= 4 is 11.7 Å². The molecule has 6 nitrogen and oxygen atoms in total. The fraction of sp³-hybridized carbons (Fsp3) is 0.615. The number of piperazine rings is 1. The lowest BCUT2D eigenvalue weighted by atomic mass is 10.2. The fourth-order valence-corrected chi connectivity index (χ4v) is 2.19. The molecule has 0 unspecified atom stereocenters. The summed E-state index contributed by atoms with van der Waals surface area (Å²) in [4.78, 5) is 24.3. The lowest BCUT2D eigenvalue weighted by Crippen LogP contribution is -2.49. The Morgan fingerprint density at radius 3 is 2.63 bits per heavy atom. The third-order valence-electron chi connectivity index (χ3n) is 3.30. The summed E-state index contributed by atoms with van der Waals surface area (Å²) in [5.41, 5.74) is 0. The van der Waals surface area contributed by atoms with Crippen LogP contribution in [0.3, 0.4) is 0 Å². The highest BCUT2D eigenvalue weighted by atomic mass is 16.3. The van der Waals surface area contributed by atoms with Gasteiger partial charge in [-0.2, -0.15) is 0 Å². The van der Waals surface area contributed by atoms with Gasteiger partial charge in [-0.15, -0.1) is 0 Å². The number of hydrogen-bond donors (Lipinski definition) is 1. The number of aliphatic hydroxyl groups excluding tert-OH is 1. The number of unbranched alkanes of at least 4 members (excludes halogenated alkanes) is 1. The van der Waals surface area contributed by atoms with E-state index >= 15 is 0 Å². The van der Waals surface area contributed by atoms with Crippen molar-refractivity contribution in [2.24, 2.45) is 0 Å². The molecule has 0 saturated carbocycles. The molecule has 2 rings (SSSR count). The molecule has 19 heavy (non-hydrogen) atoms. The normalized spacial score (nSPS) is 15.6. The molecule has 0 bridgehead atoms. The van der Waals surface area contributed by atoms with Gasteiger partial charge in [0.2, 0.25) is 5.91 Å². The van der Waals surface area contributed by atoms with Gasteiger partial charge in [0.15, 0.2) is 0 Å². The van der Waals surface area contributed by atoms with Gasteiger partial charge in [-0.05, 0) is 12.8 Å². The topological polar surface area (TPSA) is 69.6 Å². The maximum absolute atomic E-state index is 11.9. The first-order valence-corrected chi connectivity index (χ1v) is 6.71. The number of amides is 1. The van der Waals surface area contributed by atoms with Crippen molar-refractivity contribution in [2.75, 3.05) is 37.7 Å². The zero-order chi connectivity index (χ0) is 13.5. The monoisotopic (exact) mass is 264 g/mol. The van der Waals surface area contributed by atoms with E-state index in [1.165, 1.54) is 0 Å². The molecule has 0 aliphatic carbocycles. The largest absolute Gasteiger partial charge is 0.396 e. The van der Waals surface area contributed by atoms with Gasteiger partial charge in [-0.3, -0.25) is 9.78 Å². The van der Waals surface area contributed by atoms with Crippen molar-refractivity contribution in [1.82, 2.24) is 14.9 Å². The molecule has 1 amide bonds. The number of nitrogens with zero attached hydrogens (tertiary/aromatic N) is 4. The Hall–Kier alpha value is -1.69. The van der Waals surface area contributed by atoms with Crippen LogP contribution in [-0.4, -0.2) is 58.7 Å². The summed E-state index contributed by atoms with van der Waals surface area (Å²) in [7, 11) is 0. The lowest BCUT2D eigenvalue weighted by Gasteiger charge is -2.35. The molecular formula is C13H20N4O2. The molecule has 1 aliphatic rings. The minimum atomic E-state index is 0.160. The average molecular weight is 264 g/mol. The standard InChI is InChI=1S/C13H20N4O2/c18-10-2-1-3-13(19)17-8-6-16(7-9-17)12-11-14-4-5-15-12/h4-5,11,18H,1-3,6-10H2. The van der Waals surface area contributed by atoms with Gasteiger partial charge in [0.05, 0.1) is 6.20 Å². The van der Waals surface area contributed by atoms with Gasteiger partial charge < -0.3 is 14.9 Å². The smallest absolute Gasteiger partial charge is 0.222 e. The van der Waals surface area contributed by atoms with E-state index in [1.54, 1.807) is 18.6 Å². The van der Waals surface area contributed by atoms with Crippen molar-refractivity contribution in [3.8, 4) is 0 Å². The van der Waals surface area contributed by atoms with Crippen molar-refractivity contribution in [3.63, 3.8) is 0 Å². The predicted octanol–water partition coefficient (Wildman–Crippen LogP) is 0.288. The Bertz CT molecular complexity index is 391. The summed E-state index contributed by atoms with van der Waals surface area (Å²) in [6, 6.07) is 0. The summed E-state index contributed by atoms with van der Waals surface area (Å²) in [6.07, 6.45) is 7.08. The molecule has 1 aromatic rings. The summed E-state index contributed by atoms with van der Waals surface area (Å²) < 4.78 is 0. The van der Waals surface area contributed by atoms with Crippen LogP contribution in [0.4, 0.5) is 5.82 Å². The van der Waals surface area contributed by atoms with E-state index in [0.717, 1.165) is 38.4 Å². The van der Waals surface area contributed by atoms with Crippen molar-refractivity contribution in [2.45, 2.75) is 19.3 Å². The van der Waals surface area contributed by atoms with Crippen LogP contribution in [0, 0.1) is 0 Å². The van der Waals surface area contributed by atoms with E-state index in [-0.39, 0.29) is 12.5 Å². The van der Waals surface area contributed by atoms with Gasteiger partial charge in [0.1, 0.15) is 5.82 Å². The van der Waals surface area contributed by atoms with Gasteiger partial charge in [0.25, 0.3) is 0 Å². The van der Waals surface area contributed by atoms with E-state index < -0.39 is 0 Å². The number of anilines is 1. The minimum Gasteiger partial charge on any atom is -0.396 e. The van der Waals surface area contributed by atoms with Crippen LogP contribution < -0.4 is 4.90 Å². The van der Waals surface area contributed by atoms with E-state index in [9.17, 15) is 4.79 Å². The van der Waals surface area contributed by atoms with Crippen molar-refractivity contribution in [3.05, 3.63) is 18.6 Å². The Balaban J connectivity index is 1.77. The summed E-state index contributed by atoms with van der Waals surface area (Å²) in [5, 5.41) is 8.71.